The molecule has 168 valence electrons. The average Bonchev–Trinajstić information content (AvgIpc) is 2.75. The van der Waals surface area contributed by atoms with Crippen LogP contribution in [-0.4, -0.2) is 61.4 Å². The van der Waals surface area contributed by atoms with Gasteiger partial charge in [0.1, 0.15) is 17.3 Å². The van der Waals surface area contributed by atoms with Crippen LogP contribution < -0.4 is 15.8 Å². The largest absolute Gasteiger partial charge is 0.507 e. The summed E-state index contributed by atoms with van der Waals surface area (Å²) in [6.45, 7) is 2.79. The molecule has 3 rings (SSSR count). The van der Waals surface area contributed by atoms with Crippen molar-refractivity contribution in [2.75, 3.05) is 39.1 Å². The first kappa shape index (κ1) is 23.1. The third-order valence-electron chi connectivity index (χ3n) is 5.32. The molecule has 0 unspecified atom stereocenters. The summed E-state index contributed by atoms with van der Waals surface area (Å²) in [5.74, 6) is -0.286. The fourth-order valence-corrected chi connectivity index (χ4v) is 3.77. The molecule has 1 saturated heterocycles. The van der Waals surface area contributed by atoms with Crippen molar-refractivity contribution in [1.29, 1.82) is 0 Å². The van der Waals surface area contributed by atoms with Crippen molar-refractivity contribution in [3.8, 4) is 11.5 Å². The Kier molecular flexibility index (Phi) is 7.95. The molecule has 4 N–H and O–H groups in total. The number of carbonyl (C=O) groups excluding carboxylic acids is 1. The number of carbonyl (C=O) groups is 1. The summed E-state index contributed by atoms with van der Waals surface area (Å²) < 4.78 is 24.2. The average molecular weight is 452 g/mol. The van der Waals surface area contributed by atoms with E-state index in [0.717, 1.165) is 19.5 Å². The number of hydrogen-bond acceptors (Lipinski definition) is 6. The number of nitrogens with zero attached hydrogens (tertiary/aromatic N) is 1. The molecule has 0 bridgehead atoms. The number of piperidine rings is 1. The standard InChI is InChI=1S/C22H27ClFN3O4/c1-30-21-13-27(8-2-10-31-15-5-3-14(24)4-6-15)9-7-19(21)26-22(29)16-11-17(23)18(25)12-20(16)28/h3-6,11-12,19,21,28H,2,7-10,13,25H2,1H3,(H,26,29)/t19-,21-/m1/s1. The Hall–Kier alpha value is -2.55. The second-order valence-corrected chi connectivity index (χ2v) is 7.90. The number of nitrogen functional groups attached to an aromatic ring is 1. The number of ether oxygens (including phenoxy) is 2. The SMILES string of the molecule is CO[C@@H]1CN(CCCOc2ccc(F)cc2)CC[C@H]1NC(=O)c1cc(Cl)c(N)cc1O. The van der Waals surface area contributed by atoms with E-state index in [1.807, 2.05) is 0 Å². The van der Waals surface area contributed by atoms with Crippen molar-refractivity contribution < 1.29 is 23.8 Å². The van der Waals surface area contributed by atoms with Crippen LogP contribution in [0.5, 0.6) is 11.5 Å². The summed E-state index contributed by atoms with van der Waals surface area (Å²) in [6.07, 6.45) is 1.32. The molecule has 2 atom stereocenters. The highest BCUT2D eigenvalue weighted by Crippen LogP contribution is 2.28. The predicted molar refractivity (Wildman–Crippen MR) is 117 cm³/mol. The minimum atomic E-state index is -0.424. The van der Waals surface area contributed by atoms with E-state index in [1.165, 1.54) is 24.3 Å². The van der Waals surface area contributed by atoms with E-state index < -0.39 is 5.91 Å². The number of benzene rings is 2. The number of phenols is 1. The van der Waals surface area contributed by atoms with Crippen LogP contribution in [0, 0.1) is 5.82 Å². The summed E-state index contributed by atoms with van der Waals surface area (Å²) in [6, 6.07) is 8.39. The van der Waals surface area contributed by atoms with E-state index in [-0.39, 0.29) is 40.0 Å². The lowest BCUT2D eigenvalue weighted by Gasteiger charge is -2.38. The maximum atomic E-state index is 12.9. The van der Waals surface area contributed by atoms with Gasteiger partial charge in [-0.25, -0.2) is 4.39 Å². The summed E-state index contributed by atoms with van der Waals surface area (Å²) in [5, 5.41) is 13.2. The zero-order chi connectivity index (χ0) is 22.4. The maximum Gasteiger partial charge on any atom is 0.255 e. The lowest BCUT2D eigenvalue weighted by molar-refractivity contribution is 0.00527. The van der Waals surface area contributed by atoms with Gasteiger partial charge < -0.3 is 30.5 Å². The Bertz CT molecular complexity index is 897. The van der Waals surface area contributed by atoms with E-state index in [0.29, 0.717) is 25.3 Å². The molecule has 2 aromatic carbocycles. The van der Waals surface area contributed by atoms with E-state index >= 15 is 0 Å². The molecule has 1 aliphatic heterocycles. The molecule has 2 aromatic rings. The topological polar surface area (TPSA) is 97.1 Å². The lowest BCUT2D eigenvalue weighted by Crippen LogP contribution is -2.55. The quantitative estimate of drug-likeness (QED) is 0.421. The van der Waals surface area contributed by atoms with Gasteiger partial charge in [-0.2, -0.15) is 0 Å². The van der Waals surface area contributed by atoms with Crippen molar-refractivity contribution in [1.82, 2.24) is 10.2 Å². The highest BCUT2D eigenvalue weighted by Gasteiger charge is 2.31. The molecule has 31 heavy (non-hydrogen) atoms. The van der Waals surface area contributed by atoms with Gasteiger partial charge in [0.2, 0.25) is 0 Å². The minimum Gasteiger partial charge on any atom is -0.507 e. The zero-order valence-electron chi connectivity index (χ0n) is 17.3. The monoisotopic (exact) mass is 451 g/mol. The van der Waals surface area contributed by atoms with Crippen molar-refractivity contribution in [2.24, 2.45) is 0 Å². The molecule has 0 saturated carbocycles. The molecule has 1 heterocycles. The van der Waals surface area contributed by atoms with Crippen molar-refractivity contribution in [2.45, 2.75) is 25.0 Å². The van der Waals surface area contributed by atoms with Crippen LogP contribution in [0.15, 0.2) is 36.4 Å². The fraction of sp³-hybridized carbons (Fsp3) is 0.409. The number of likely N-dealkylation sites (tertiary alicyclic amines) is 1. The number of amides is 1. The van der Waals surface area contributed by atoms with Crippen LogP contribution in [0.25, 0.3) is 0 Å². The first-order valence-electron chi connectivity index (χ1n) is 10.1. The van der Waals surface area contributed by atoms with Gasteiger partial charge in [0, 0.05) is 32.8 Å². The van der Waals surface area contributed by atoms with Crippen LogP contribution in [0.4, 0.5) is 10.1 Å². The van der Waals surface area contributed by atoms with Gasteiger partial charge in [-0.3, -0.25) is 4.79 Å². The lowest BCUT2D eigenvalue weighted by atomic mass is 10.0. The number of hydrogen-bond donors (Lipinski definition) is 3. The smallest absolute Gasteiger partial charge is 0.255 e. The Morgan fingerprint density at radius 1 is 1.35 bits per heavy atom. The Labute approximate surface area is 185 Å². The highest BCUT2D eigenvalue weighted by atomic mass is 35.5. The van der Waals surface area contributed by atoms with E-state index in [2.05, 4.69) is 10.2 Å². The molecule has 0 aliphatic carbocycles. The van der Waals surface area contributed by atoms with Gasteiger partial charge in [0.25, 0.3) is 5.91 Å². The van der Waals surface area contributed by atoms with Gasteiger partial charge in [-0.1, -0.05) is 11.6 Å². The third kappa shape index (κ3) is 6.22. The molecule has 1 fully saturated rings. The van der Waals surface area contributed by atoms with Gasteiger partial charge in [-0.05, 0) is 43.2 Å². The maximum absolute atomic E-state index is 12.9. The predicted octanol–water partition coefficient (Wildman–Crippen LogP) is 3.06. The molecule has 7 nitrogen and oxygen atoms in total. The molecule has 9 heteroatoms. The van der Waals surface area contributed by atoms with Gasteiger partial charge in [-0.15, -0.1) is 0 Å². The summed E-state index contributed by atoms with van der Waals surface area (Å²) in [7, 11) is 1.61. The number of phenolic OH excluding ortho intramolecular Hbond substituents is 1. The van der Waals surface area contributed by atoms with Gasteiger partial charge in [0.15, 0.2) is 0 Å². The van der Waals surface area contributed by atoms with Crippen LogP contribution >= 0.6 is 11.6 Å². The molecule has 1 amide bonds. The number of methoxy groups -OCH3 is 1. The normalized spacial score (nSPS) is 19.2. The first-order valence-corrected chi connectivity index (χ1v) is 10.5. The van der Waals surface area contributed by atoms with Crippen LogP contribution in [0.3, 0.4) is 0 Å². The Balaban J connectivity index is 1.47. The first-order chi connectivity index (χ1) is 14.9. The zero-order valence-corrected chi connectivity index (χ0v) is 18.1. The second kappa shape index (κ2) is 10.7. The second-order valence-electron chi connectivity index (χ2n) is 7.49. The number of nitrogens with two attached hydrogens (primary N) is 1. The number of anilines is 1. The summed E-state index contributed by atoms with van der Waals surface area (Å²) in [5.41, 5.74) is 5.94. The fourth-order valence-electron chi connectivity index (χ4n) is 3.60. The number of aromatic hydroxyl groups is 1. The van der Waals surface area contributed by atoms with Crippen molar-refractivity contribution >= 4 is 23.2 Å². The van der Waals surface area contributed by atoms with Crippen LogP contribution in [0.2, 0.25) is 5.02 Å². The number of rotatable bonds is 8. The summed E-state index contributed by atoms with van der Waals surface area (Å²) >= 11 is 5.98. The Morgan fingerprint density at radius 3 is 2.81 bits per heavy atom. The molecule has 1 aliphatic rings. The van der Waals surface area contributed by atoms with Crippen molar-refractivity contribution in [3.63, 3.8) is 0 Å². The van der Waals surface area contributed by atoms with Gasteiger partial charge >= 0.3 is 0 Å². The van der Waals surface area contributed by atoms with Crippen molar-refractivity contribution in [3.05, 3.63) is 52.8 Å². The Morgan fingerprint density at radius 2 is 2.10 bits per heavy atom. The molecular formula is C22H27ClFN3O4. The molecule has 0 aromatic heterocycles. The highest BCUT2D eigenvalue weighted by molar-refractivity contribution is 6.33. The van der Waals surface area contributed by atoms with Gasteiger partial charge in [0.05, 0.1) is 35.0 Å². The number of halogens is 2. The van der Waals surface area contributed by atoms with E-state index in [4.69, 9.17) is 26.8 Å². The van der Waals surface area contributed by atoms with E-state index in [1.54, 1.807) is 19.2 Å². The number of nitrogens with one attached hydrogen (secondary N) is 1. The van der Waals surface area contributed by atoms with Crippen LogP contribution in [-0.2, 0) is 4.74 Å². The van der Waals surface area contributed by atoms with E-state index in [9.17, 15) is 14.3 Å². The molecular weight excluding hydrogens is 425 g/mol. The molecule has 0 spiro atoms. The summed E-state index contributed by atoms with van der Waals surface area (Å²) in [4.78, 5) is 14.9. The third-order valence-corrected chi connectivity index (χ3v) is 5.65. The molecule has 0 radical (unpaired) electrons. The van der Waals surface area contributed by atoms with Crippen LogP contribution in [0.1, 0.15) is 23.2 Å². The minimum absolute atomic E-state index is 0.0782.